The minimum absolute atomic E-state index is 0.234. The molecule has 0 bridgehead atoms. The second kappa shape index (κ2) is 12.4. The van der Waals surface area contributed by atoms with E-state index in [1.165, 1.54) is 12.3 Å². The average Bonchev–Trinajstić information content (AvgIpc) is 2.84. The monoisotopic (exact) mass is 498 g/mol. The van der Waals surface area contributed by atoms with Crippen molar-refractivity contribution in [1.82, 2.24) is 10.7 Å². The lowest BCUT2D eigenvalue weighted by atomic mass is 10.2. The second-order valence-electron chi connectivity index (χ2n) is 6.87. The van der Waals surface area contributed by atoms with Crippen LogP contribution in [0.2, 0.25) is 10.0 Å². The Bertz CT molecular complexity index is 1200. The van der Waals surface area contributed by atoms with Crippen molar-refractivity contribution in [2.24, 2.45) is 5.10 Å². The standard InChI is InChI=1S/C24H20Cl2N4O4/c25-18-10-11-21(34-15-22(31)27-13-16-6-2-1-3-7-16)17(12-18)14-28-30-24(33)23(32)29-20-9-5-4-8-19(20)26/h1-12,14H,13,15H2,(H,27,31)(H,29,32)(H,30,33)/b28-14-. The number of ether oxygens (including phenoxy) is 1. The second-order valence-corrected chi connectivity index (χ2v) is 7.71. The van der Waals surface area contributed by atoms with Gasteiger partial charge in [-0.25, -0.2) is 5.43 Å². The van der Waals surface area contributed by atoms with Crippen molar-refractivity contribution in [3.63, 3.8) is 0 Å². The zero-order chi connectivity index (χ0) is 24.3. The molecular formula is C24H20Cl2N4O4. The molecule has 0 heterocycles. The van der Waals surface area contributed by atoms with Crippen LogP contribution in [0, 0.1) is 0 Å². The van der Waals surface area contributed by atoms with Gasteiger partial charge in [-0.2, -0.15) is 5.10 Å². The quantitative estimate of drug-likeness (QED) is 0.249. The number of anilines is 1. The van der Waals surface area contributed by atoms with Gasteiger partial charge in [0.1, 0.15) is 5.75 Å². The third kappa shape index (κ3) is 7.61. The summed E-state index contributed by atoms with van der Waals surface area (Å²) in [5, 5.41) is 9.61. The van der Waals surface area contributed by atoms with Gasteiger partial charge in [0.05, 0.1) is 16.9 Å². The first-order valence-electron chi connectivity index (χ1n) is 10.0. The smallest absolute Gasteiger partial charge is 0.329 e. The van der Waals surface area contributed by atoms with Gasteiger partial charge in [0, 0.05) is 17.1 Å². The molecule has 0 fully saturated rings. The SMILES string of the molecule is O=C(COc1ccc(Cl)cc1/C=N\NC(=O)C(=O)Nc1ccccc1Cl)NCc1ccccc1. The fraction of sp³-hybridized carbons (Fsp3) is 0.0833. The van der Waals surface area contributed by atoms with Crippen LogP contribution in [-0.4, -0.2) is 30.5 Å². The van der Waals surface area contributed by atoms with Crippen molar-refractivity contribution in [1.29, 1.82) is 0 Å². The van der Waals surface area contributed by atoms with Crippen LogP contribution in [-0.2, 0) is 20.9 Å². The molecule has 0 radical (unpaired) electrons. The normalized spacial score (nSPS) is 10.5. The summed E-state index contributed by atoms with van der Waals surface area (Å²) in [5.74, 6) is -1.94. The topological polar surface area (TPSA) is 109 Å². The van der Waals surface area contributed by atoms with E-state index in [4.69, 9.17) is 27.9 Å². The third-order valence-electron chi connectivity index (χ3n) is 4.36. The summed E-state index contributed by atoms with van der Waals surface area (Å²) >= 11 is 12.0. The Labute approximate surface area is 205 Å². The van der Waals surface area contributed by atoms with Gasteiger partial charge < -0.3 is 15.4 Å². The lowest BCUT2D eigenvalue weighted by Crippen LogP contribution is -2.32. The molecule has 8 nitrogen and oxygen atoms in total. The predicted octanol–water partition coefficient (Wildman–Crippen LogP) is 3.78. The van der Waals surface area contributed by atoms with Gasteiger partial charge in [0.15, 0.2) is 6.61 Å². The number of halogens is 2. The number of amides is 3. The van der Waals surface area contributed by atoms with Crippen molar-refractivity contribution in [2.45, 2.75) is 6.54 Å². The van der Waals surface area contributed by atoms with E-state index in [2.05, 4.69) is 21.2 Å². The van der Waals surface area contributed by atoms with Crippen molar-refractivity contribution < 1.29 is 19.1 Å². The summed E-state index contributed by atoms with van der Waals surface area (Å²) in [7, 11) is 0. The number of hydrogen-bond donors (Lipinski definition) is 3. The Morgan fingerprint density at radius 3 is 2.41 bits per heavy atom. The van der Waals surface area contributed by atoms with E-state index in [9.17, 15) is 14.4 Å². The Balaban J connectivity index is 1.54. The number of carbonyl (C=O) groups is 3. The van der Waals surface area contributed by atoms with Crippen molar-refractivity contribution in [3.05, 3.63) is 94.0 Å². The van der Waals surface area contributed by atoms with E-state index in [0.717, 1.165) is 5.56 Å². The fourth-order valence-corrected chi connectivity index (χ4v) is 3.06. The Kier molecular flexibility index (Phi) is 9.02. The number of benzene rings is 3. The molecule has 0 atom stereocenters. The molecule has 3 N–H and O–H groups in total. The van der Waals surface area contributed by atoms with Crippen LogP contribution in [0.3, 0.4) is 0 Å². The number of hydrogen-bond acceptors (Lipinski definition) is 5. The van der Waals surface area contributed by atoms with E-state index >= 15 is 0 Å². The molecule has 10 heteroatoms. The van der Waals surface area contributed by atoms with Crippen LogP contribution in [0.5, 0.6) is 5.75 Å². The van der Waals surface area contributed by atoms with Gasteiger partial charge >= 0.3 is 11.8 Å². The van der Waals surface area contributed by atoms with Gasteiger partial charge in [0.2, 0.25) is 0 Å². The molecule has 0 aromatic heterocycles. The van der Waals surface area contributed by atoms with Crippen molar-refractivity contribution in [3.8, 4) is 5.75 Å². The first-order valence-corrected chi connectivity index (χ1v) is 10.8. The van der Waals surface area contributed by atoms with Gasteiger partial charge in [-0.05, 0) is 35.9 Å². The van der Waals surface area contributed by atoms with Crippen LogP contribution >= 0.6 is 23.2 Å². The highest BCUT2D eigenvalue weighted by molar-refractivity contribution is 6.41. The molecule has 3 aromatic rings. The lowest BCUT2D eigenvalue weighted by molar-refractivity contribution is -0.136. The van der Waals surface area contributed by atoms with Gasteiger partial charge in [-0.15, -0.1) is 0 Å². The summed E-state index contributed by atoms with van der Waals surface area (Å²) in [5.41, 5.74) is 3.77. The minimum Gasteiger partial charge on any atom is -0.483 e. The maximum Gasteiger partial charge on any atom is 0.329 e. The molecule has 3 aromatic carbocycles. The van der Waals surface area contributed by atoms with Crippen LogP contribution < -0.4 is 20.8 Å². The molecule has 34 heavy (non-hydrogen) atoms. The zero-order valence-electron chi connectivity index (χ0n) is 17.8. The van der Waals surface area contributed by atoms with E-state index < -0.39 is 11.8 Å². The van der Waals surface area contributed by atoms with Gasteiger partial charge in [-0.1, -0.05) is 65.7 Å². The van der Waals surface area contributed by atoms with Crippen LogP contribution in [0.25, 0.3) is 0 Å². The number of hydrazone groups is 1. The molecule has 0 saturated carbocycles. The summed E-state index contributed by atoms with van der Waals surface area (Å²) < 4.78 is 5.57. The molecule has 0 aliphatic carbocycles. The zero-order valence-corrected chi connectivity index (χ0v) is 19.3. The summed E-state index contributed by atoms with van der Waals surface area (Å²) in [6.45, 7) is 0.141. The van der Waals surface area contributed by atoms with Crippen molar-refractivity contribution >= 4 is 52.8 Å². The number of nitrogens with zero attached hydrogens (tertiary/aromatic N) is 1. The minimum atomic E-state index is -0.999. The summed E-state index contributed by atoms with van der Waals surface area (Å²) in [6.07, 6.45) is 1.25. The number of para-hydroxylation sites is 1. The van der Waals surface area contributed by atoms with Crippen LogP contribution in [0.4, 0.5) is 5.69 Å². The molecule has 174 valence electrons. The molecule has 0 saturated heterocycles. The Hall–Kier alpha value is -3.88. The molecular weight excluding hydrogens is 479 g/mol. The highest BCUT2D eigenvalue weighted by Gasteiger charge is 2.14. The number of rotatable bonds is 8. The molecule has 0 spiro atoms. The molecule has 0 aliphatic heterocycles. The maximum absolute atomic E-state index is 12.1. The average molecular weight is 499 g/mol. The predicted molar refractivity (Wildman–Crippen MR) is 131 cm³/mol. The molecule has 0 unspecified atom stereocenters. The highest BCUT2D eigenvalue weighted by Crippen LogP contribution is 2.22. The number of nitrogens with one attached hydrogen (secondary N) is 3. The third-order valence-corrected chi connectivity index (χ3v) is 4.93. The lowest BCUT2D eigenvalue weighted by Gasteiger charge is -2.10. The molecule has 3 rings (SSSR count). The van der Waals surface area contributed by atoms with Crippen LogP contribution in [0.15, 0.2) is 77.9 Å². The van der Waals surface area contributed by atoms with Gasteiger partial charge in [-0.3, -0.25) is 14.4 Å². The summed E-state index contributed by atoms with van der Waals surface area (Å²) in [6, 6.07) is 20.7. The Morgan fingerprint density at radius 2 is 1.65 bits per heavy atom. The van der Waals surface area contributed by atoms with E-state index in [1.807, 2.05) is 30.3 Å². The first-order chi connectivity index (χ1) is 16.4. The first kappa shape index (κ1) is 24.8. The van der Waals surface area contributed by atoms with Crippen molar-refractivity contribution in [2.75, 3.05) is 11.9 Å². The Morgan fingerprint density at radius 1 is 0.912 bits per heavy atom. The fourth-order valence-electron chi connectivity index (χ4n) is 2.70. The molecule has 0 aliphatic rings. The van der Waals surface area contributed by atoms with E-state index in [-0.39, 0.29) is 12.5 Å². The van der Waals surface area contributed by atoms with Gasteiger partial charge in [0.25, 0.3) is 5.91 Å². The summed E-state index contributed by atoms with van der Waals surface area (Å²) in [4.78, 5) is 36.2. The maximum atomic E-state index is 12.1. The molecule has 3 amide bonds. The number of carbonyl (C=O) groups excluding carboxylic acids is 3. The van der Waals surface area contributed by atoms with E-state index in [0.29, 0.717) is 33.6 Å². The highest BCUT2D eigenvalue weighted by atomic mass is 35.5. The van der Waals surface area contributed by atoms with E-state index in [1.54, 1.807) is 36.4 Å². The largest absolute Gasteiger partial charge is 0.483 e. The van der Waals surface area contributed by atoms with Crippen LogP contribution in [0.1, 0.15) is 11.1 Å².